The van der Waals surface area contributed by atoms with Crippen molar-refractivity contribution < 1.29 is 0 Å². The zero-order chi connectivity index (χ0) is 11.4. The minimum absolute atomic E-state index is 0.384. The maximum Gasteiger partial charge on any atom is 0.00387 e. The van der Waals surface area contributed by atoms with Gasteiger partial charge in [0.05, 0.1) is 0 Å². The van der Waals surface area contributed by atoms with Crippen LogP contribution in [0.2, 0.25) is 0 Å². The fraction of sp³-hybridized carbons (Fsp3) is 1.00. The summed E-state index contributed by atoms with van der Waals surface area (Å²) in [6, 6.07) is 0.852. The van der Waals surface area contributed by atoms with E-state index < -0.39 is 0 Å². The van der Waals surface area contributed by atoms with Gasteiger partial charge in [0, 0.05) is 12.1 Å². The van der Waals surface area contributed by atoms with Gasteiger partial charge in [-0.15, -0.1) is 0 Å². The lowest BCUT2D eigenvalue weighted by atomic mass is 10.1. The maximum absolute atomic E-state index is 5.77. The van der Waals surface area contributed by atoms with Gasteiger partial charge < -0.3 is 11.5 Å². The molecule has 2 atom stereocenters. The van der Waals surface area contributed by atoms with Crippen LogP contribution in [0.3, 0.4) is 0 Å². The second-order valence-corrected chi connectivity index (χ2v) is 4.08. The van der Waals surface area contributed by atoms with Gasteiger partial charge in [0.1, 0.15) is 0 Å². The van der Waals surface area contributed by atoms with Crippen molar-refractivity contribution in [1.29, 1.82) is 0 Å². The lowest BCUT2D eigenvalue weighted by molar-refractivity contribution is 0.535. The molecule has 0 saturated carbocycles. The third kappa shape index (κ3) is 17.9. The minimum atomic E-state index is 0.384. The summed E-state index contributed by atoms with van der Waals surface area (Å²) >= 11 is 0. The van der Waals surface area contributed by atoms with Crippen molar-refractivity contribution in [1.82, 2.24) is 0 Å². The van der Waals surface area contributed by atoms with Crippen LogP contribution in [-0.4, -0.2) is 12.1 Å². The molecule has 0 aliphatic heterocycles. The highest BCUT2D eigenvalue weighted by atomic mass is 14.6. The second kappa shape index (κ2) is 12.9. The van der Waals surface area contributed by atoms with Crippen molar-refractivity contribution in [3.63, 3.8) is 0 Å². The Hall–Kier alpha value is -0.0800. The molecule has 88 valence electrons. The van der Waals surface area contributed by atoms with Crippen molar-refractivity contribution >= 4 is 0 Å². The highest BCUT2D eigenvalue weighted by Gasteiger charge is 1.97. The first-order valence-corrected chi connectivity index (χ1v) is 6.09. The van der Waals surface area contributed by atoms with Gasteiger partial charge in [-0.25, -0.2) is 0 Å². The first-order chi connectivity index (χ1) is 6.58. The molecule has 0 radical (unpaired) electrons. The Morgan fingerprint density at radius 2 is 1.43 bits per heavy atom. The average Bonchev–Trinajstić information content (AvgIpc) is 2.16. The van der Waals surface area contributed by atoms with Gasteiger partial charge in [-0.2, -0.15) is 0 Å². The van der Waals surface area contributed by atoms with Crippen LogP contribution in [0.15, 0.2) is 0 Å². The fourth-order valence-electron chi connectivity index (χ4n) is 0.981. The highest BCUT2D eigenvalue weighted by molar-refractivity contribution is 4.58. The molecule has 0 aliphatic carbocycles. The molecule has 0 amide bonds. The molecule has 0 heterocycles. The standard InChI is InChI=1S/C8H19N.C4H11N/c1-3-5-7-8(9)6-4-2;1-3-4(2)5/h8H,3-7,9H2,1-2H3;4H,3,5H2,1-2H3. The van der Waals surface area contributed by atoms with Crippen LogP contribution in [0.25, 0.3) is 0 Å². The Balaban J connectivity index is 0. The van der Waals surface area contributed by atoms with Crippen molar-refractivity contribution in [3.8, 4) is 0 Å². The predicted molar refractivity (Wildman–Crippen MR) is 66.3 cm³/mol. The Bertz CT molecular complexity index is 92.3. The molecule has 0 aromatic carbocycles. The maximum atomic E-state index is 5.77. The van der Waals surface area contributed by atoms with Gasteiger partial charge in [0.15, 0.2) is 0 Å². The van der Waals surface area contributed by atoms with E-state index >= 15 is 0 Å². The summed E-state index contributed by atoms with van der Waals surface area (Å²) in [4.78, 5) is 0. The topological polar surface area (TPSA) is 52.0 Å². The first-order valence-electron chi connectivity index (χ1n) is 6.09. The van der Waals surface area contributed by atoms with E-state index in [4.69, 9.17) is 11.5 Å². The summed E-state index contributed by atoms with van der Waals surface area (Å²) in [5.41, 5.74) is 11.1. The fourth-order valence-corrected chi connectivity index (χ4v) is 0.981. The summed E-state index contributed by atoms with van der Waals surface area (Å²) in [5.74, 6) is 0. The van der Waals surface area contributed by atoms with Gasteiger partial charge in [-0.3, -0.25) is 0 Å². The number of rotatable bonds is 6. The highest BCUT2D eigenvalue weighted by Crippen LogP contribution is 2.02. The van der Waals surface area contributed by atoms with Crippen LogP contribution < -0.4 is 11.5 Å². The molecule has 0 aromatic rings. The smallest absolute Gasteiger partial charge is 0.00387 e. The number of nitrogens with two attached hydrogens (primary N) is 2. The zero-order valence-electron chi connectivity index (χ0n) is 10.6. The number of hydrogen-bond acceptors (Lipinski definition) is 2. The van der Waals surface area contributed by atoms with E-state index in [9.17, 15) is 0 Å². The van der Waals surface area contributed by atoms with Crippen molar-refractivity contribution in [2.24, 2.45) is 11.5 Å². The van der Waals surface area contributed by atoms with Crippen molar-refractivity contribution in [3.05, 3.63) is 0 Å². The van der Waals surface area contributed by atoms with E-state index in [2.05, 4.69) is 20.8 Å². The largest absolute Gasteiger partial charge is 0.328 e. The van der Waals surface area contributed by atoms with Crippen LogP contribution in [0, 0.1) is 0 Å². The van der Waals surface area contributed by atoms with E-state index in [-0.39, 0.29) is 0 Å². The molecular formula is C12H30N2. The molecule has 2 heteroatoms. The van der Waals surface area contributed by atoms with Crippen LogP contribution >= 0.6 is 0 Å². The normalized spacial score (nSPS) is 14.1. The van der Waals surface area contributed by atoms with Gasteiger partial charge in [-0.1, -0.05) is 40.0 Å². The molecule has 0 spiro atoms. The summed E-state index contributed by atoms with van der Waals surface area (Å²) in [6.07, 6.45) is 7.29. The zero-order valence-corrected chi connectivity index (χ0v) is 10.6. The summed E-state index contributed by atoms with van der Waals surface area (Å²) in [6.45, 7) is 8.47. The van der Waals surface area contributed by atoms with E-state index in [0.29, 0.717) is 12.1 Å². The molecule has 2 unspecified atom stereocenters. The molecule has 2 nitrogen and oxygen atoms in total. The third-order valence-corrected chi connectivity index (χ3v) is 2.23. The molecule has 14 heavy (non-hydrogen) atoms. The lowest BCUT2D eigenvalue weighted by Crippen LogP contribution is -2.18. The van der Waals surface area contributed by atoms with Gasteiger partial charge in [-0.05, 0) is 26.2 Å². The van der Waals surface area contributed by atoms with Crippen LogP contribution in [0.4, 0.5) is 0 Å². The van der Waals surface area contributed by atoms with Crippen LogP contribution in [0.5, 0.6) is 0 Å². The van der Waals surface area contributed by atoms with Crippen molar-refractivity contribution in [2.75, 3.05) is 0 Å². The molecule has 4 N–H and O–H groups in total. The Kier molecular flexibility index (Phi) is 15.1. The van der Waals surface area contributed by atoms with Gasteiger partial charge in [0.2, 0.25) is 0 Å². The van der Waals surface area contributed by atoms with E-state index in [1.165, 1.54) is 32.1 Å². The summed E-state index contributed by atoms with van der Waals surface area (Å²) < 4.78 is 0. The van der Waals surface area contributed by atoms with E-state index in [0.717, 1.165) is 6.42 Å². The van der Waals surface area contributed by atoms with Gasteiger partial charge in [0.25, 0.3) is 0 Å². The van der Waals surface area contributed by atoms with Crippen LogP contribution in [-0.2, 0) is 0 Å². The van der Waals surface area contributed by atoms with E-state index in [1.54, 1.807) is 0 Å². The first kappa shape index (κ1) is 16.4. The third-order valence-electron chi connectivity index (χ3n) is 2.23. The average molecular weight is 202 g/mol. The summed E-state index contributed by atoms with van der Waals surface area (Å²) in [7, 11) is 0. The summed E-state index contributed by atoms with van der Waals surface area (Å²) in [5, 5.41) is 0. The van der Waals surface area contributed by atoms with Gasteiger partial charge >= 0.3 is 0 Å². The lowest BCUT2D eigenvalue weighted by Gasteiger charge is -2.07. The number of unbranched alkanes of at least 4 members (excludes halogenated alkanes) is 1. The predicted octanol–water partition coefficient (Wildman–Crippen LogP) is 3.05. The molecule has 0 bridgehead atoms. The SMILES string of the molecule is CCC(C)N.CCCCC(N)CCC. The Morgan fingerprint density at radius 3 is 1.71 bits per heavy atom. The Morgan fingerprint density at radius 1 is 0.929 bits per heavy atom. The minimum Gasteiger partial charge on any atom is -0.328 e. The molecular weight excluding hydrogens is 172 g/mol. The molecule has 0 rings (SSSR count). The second-order valence-electron chi connectivity index (χ2n) is 4.08. The monoisotopic (exact) mass is 202 g/mol. The Labute approximate surface area is 90.4 Å². The van der Waals surface area contributed by atoms with Crippen molar-refractivity contribution in [2.45, 2.75) is 78.3 Å². The molecule has 0 aliphatic rings. The molecule has 0 fully saturated rings. The quantitative estimate of drug-likeness (QED) is 0.695. The molecule has 0 aromatic heterocycles. The van der Waals surface area contributed by atoms with E-state index in [1.807, 2.05) is 6.92 Å². The van der Waals surface area contributed by atoms with Crippen LogP contribution in [0.1, 0.15) is 66.2 Å². The number of hydrogen-bond donors (Lipinski definition) is 2. The molecule has 0 saturated heterocycles.